The van der Waals surface area contributed by atoms with Crippen LogP contribution < -0.4 is 5.73 Å². The Balaban J connectivity index is 2.40. The van der Waals surface area contributed by atoms with Crippen molar-refractivity contribution in [2.45, 2.75) is 6.92 Å². The summed E-state index contributed by atoms with van der Waals surface area (Å²) in [6.07, 6.45) is 1.36. The van der Waals surface area contributed by atoms with Gasteiger partial charge in [-0.15, -0.1) is 5.10 Å². The minimum atomic E-state index is -0.458. The molecule has 6 heteroatoms. The van der Waals surface area contributed by atoms with E-state index in [0.29, 0.717) is 18.0 Å². The molecule has 1 aromatic heterocycles. The normalized spacial score (nSPS) is 10.2. The Morgan fingerprint density at radius 2 is 2.35 bits per heavy atom. The molecule has 0 saturated heterocycles. The number of hydrogen-bond donors (Lipinski definition) is 1. The summed E-state index contributed by atoms with van der Waals surface area (Å²) in [7, 11) is 0. The Morgan fingerprint density at radius 1 is 1.53 bits per heavy atom. The maximum atomic E-state index is 11.6. The first-order valence-electron chi connectivity index (χ1n) is 5.16. The van der Waals surface area contributed by atoms with Crippen LogP contribution in [0.3, 0.4) is 0 Å². The van der Waals surface area contributed by atoms with Gasteiger partial charge in [0.05, 0.1) is 18.5 Å². The number of benzene rings is 1. The number of carbonyl (C=O) groups is 1. The molecule has 0 aliphatic rings. The largest absolute Gasteiger partial charge is 0.461 e. The maximum absolute atomic E-state index is 11.6. The summed E-state index contributed by atoms with van der Waals surface area (Å²) < 4.78 is 6.30. The molecule has 0 bridgehead atoms. The number of nitrogens with zero attached hydrogens (tertiary/aromatic N) is 3. The predicted octanol–water partition coefficient (Wildman–Crippen LogP) is 1.03. The van der Waals surface area contributed by atoms with Crippen molar-refractivity contribution in [3.05, 3.63) is 36.2 Å². The van der Waals surface area contributed by atoms with Crippen molar-refractivity contribution < 1.29 is 9.53 Å². The lowest BCUT2D eigenvalue weighted by Crippen LogP contribution is -2.12. The smallest absolute Gasteiger partial charge is 0.358 e. The van der Waals surface area contributed by atoms with Crippen LogP contribution >= 0.6 is 0 Å². The lowest BCUT2D eigenvalue weighted by molar-refractivity contribution is 0.0515. The Bertz CT molecular complexity index is 536. The highest BCUT2D eigenvalue weighted by Crippen LogP contribution is 2.13. The highest BCUT2D eigenvalue weighted by atomic mass is 16.5. The second kappa shape index (κ2) is 4.65. The average molecular weight is 232 g/mol. The zero-order chi connectivity index (χ0) is 12.3. The van der Waals surface area contributed by atoms with Crippen LogP contribution in [-0.4, -0.2) is 27.6 Å². The first kappa shape index (κ1) is 11.1. The Morgan fingerprint density at radius 3 is 3.06 bits per heavy atom. The summed E-state index contributed by atoms with van der Waals surface area (Å²) in [5.41, 5.74) is 7.21. The molecule has 1 aromatic carbocycles. The third-order valence-electron chi connectivity index (χ3n) is 2.15. The molecule has 0 saturated carbocycles. The van der Waals surface area contributed by atoms with Gasteiger partial charge in [-0.3, -0.25) is 0 Å². The fourth-order valence-electron chi connectivity index (χ4n) is 1.43. The molecular formula is C11H12N4O2. The third-order valence-corrected chi connectivity index (χ3v) is 2.15. The van der Waals surface area contributed by atoms with Gasteiger partial charge < -0.3 is 10.5 Å². The standard InChI is InChI=1S/C11H12N4O2/c1-2-17-11(16)10-7-13-14-15(10)9-5-3-4-8(12)6-9/h3-7H,2,12H2,1H3. The summed E-state index contributed by atoms with van der Waals surface area (Å²) in [4.78, 5) is 11.6. The number of nitrogens with two attached hydrogens (primary N) is 1. The van der Waals surface area contributed by atoms with E-state index >= 15 is 0 Å². The SMILES string of the molecule is CCOC(=O)c1cnnn1-c1cccc(N)c1. The topological polar surface area (TPSA) is 83.0 Å². The molecular weight excluding hydrogens is 220 g/mol. The number of aromatic nitrogens is 3. The molecule has 0 atom stereocenters. The number of carbonyl (C=O) groups excluding carboxylic acids is 1. The van der Waals surface area contributed by atoms with Crippen LogP contribution in [0.5, 0.6) is 0 Å². The molecule has 17 heavy (non-hydrogen) atoms. The Hall–Kier alpha value is -2.37. The molecule has 0 spiro atoms. The van der Waals surface area contributed by atoms with Gasteiger partial charge in [0.1, 0.15) is 0 Å². The molecule has 88 valence electrons. The monoisotopic (exact) mass is 232 g/mol. The van der Waals surface area contributed by atoms with Crippen LogP contribution in [0, 0.1) is 0 Å². The zero-order valence-corrected chi connectivity index (χ0v) is 9.33. The van der Waals surface area contributed by atoms with E-state index in [1.807, 2.05) is 0 Å². The van der Waals surface area contributed by atoms with Gasteiger partial charge in [0.15, 0.2) is 5.69 Å². The van der Waals surface area contributed by atoms with Gasteiger partial charge in [0, 0.05) is 5.69 Å². The Kier molecular flexibility index (Phi) is 3.04. The second-order valence-corrected chi connectivity index (χ2v) is 3.35. The molecule has 2 aromatic rings. The first-order valence-corrected chi connectivity index (χ1v) is 5.16. The van der Waals surface area contributed by atoms with Crippen LogP contribution in [0.25, 0.3) is 5.69 Å². The van der Waals surface area contributed by atoms with Gasteiger partial charge in [-0.2, -0.15) is 0 Å². The molecule has 0 aliphatic heterocycles. The zero-order valence-electron chi connectivity index (χ0n) is 9.33. The maximum Gasteiger partial charge on any atom is 0.358 e. The number of rotatable bonds is 3. The van der Waals surface area contributed by atoms with Crippen molar-refractivity contribution in [2.75, 3.05) is 12.3 Å². The van der Waals surface area contributed by atoms with Crippen LogP contribution in [0.15, 0.2) is 30.5 Å². The van der Waals surface area contributed by atoms with Crippen molar-refractivity contribution in [1.29, 1.82) is 0 Å². The molecule has 0 amide bonds. The van der Waals surface area contributed by atoms with Crippen molar-refractivity contribution in [3.63, 3.8) is 0 Å². The van der Waals surface area contributed by atoms with Gasteiger partial charge in [-0.05, 0) is 25.1 Å². The van der Waals surface area contributed by atoms with Crippen molar-refractivity contribution in [3.8, 4) is 5.69 Å². The lowest BCUT2D eigenvalue weighted by atomic mass is 10.3. The highest BCUT2D eigenvalue weighted by molar-refractivity contribution is 5.87. The Labute approximate surface area is 98.0 Å². The van der Waals surface area contributed by atoms with Gasteiger partial charge >= 0.3 is 5.97 Å². The van der Waals surface area contributed by atoms with E-state index in [1.165, 1.54) is 10.9 Å². The van der Waals surface area contributed by atoms with Crippen LogP contribution in [-0.2, 0) is 4.74 Å². The molecule has 1 heterocycles. The van der Waals surface area contributed by atoms with E-state index in [1.54, 1.807) is 31.2 Å². The first-order chi connectivity index (χ1) is 8.22. The molecule has 6 nitrogen and oxygen atoms in total. The number of nitrogen functional groups attached to an aromatic ring is 1. The van der Waals surface area contributed by atoms with E-state index < -0.39 is 5.97 Å². The summed E-state index contributed by atoms with van der Waals surface area (Å²) in [6.45, 7) is 2.05. The van der Waals surface area contributed by atoms with Crippen LogP contribution in [0.4, 0.5) is 5.69 Å². The average Bonchev–Trinajstić information content (AvgIpc) is 2.78. The van der Waals surface area contributed by atoms with Crippen molar-refractivity contribution in [1.82, 2.24) is 15.0 Å². The fourth-order valence-corrected chi connectivity index (χ4v) is 1.43. The molecule has 2 N–H and O–H groups in total. The second-order valence-electron chi connectivity index (χ2n) is 3.35. The highest BCUT2D eigenvalue weighted by Gasteiger charge is 2.15. The molecule has 0 unspecified atom stereocenters. The van der Waals surface area contributed by atoms with Gasteiger partial charge in [0.25, 0.3) is 0 Å². The summed E-state index contributed by atoms with van der Waals surface area (Å²) >= 11 is 0. The van der Waals surface area contributed by atoms with E-state index in [2.05, 4.69) is 10.3 Å². The number of ether oxygens (including phenoxy) is 1. The quantitative estimate of drug-likeness (QED) is 0.631. The fraction of sp³-hybridized carbons (Fsp3) is 0.182. The van der Waals surface area contributed by atoms with E-state index in [4.69, 9.17) is 10.5 Å². The molecule has 0 fully saturated rings. The van der Waals surface area contributed by atoms with Crippen molar-refractivity contribution in [2.24, 2.45) is 0 Å². The van der Waals surface area contributed by atoms with Crippen LogP contribution in [0.1, 0.15) is 17.4 Å². The lowest BCUT2D eigenvalue weighted by Gasteiger charge is -2.05. The minimum absolute atomic E-state index is 0.275. The molecule has 2 rings (SSSR count). The summed E-state index contributed by atoms with van der Waals surface area (Å²) in [5, 5.41) is 7.54. The molecule has 0 radical (unpaired) electrons. The van der Waals surface area contributed by atoms with Gasteiger partial charge in [0.2, 0.25) is 0 Å². The van der Waals surface area contributed by atoms with Gasteiger partial charge in [-0.25, -0.2) is 9.48 Å². The number of anilines is 1. The van der Waals surface area contributed by atoms with Gasteiger partial charge in [-0.1, -0.05) is 11.3 Å². The summed E-state index contributed by atoms with van der Waals surface area (Å²) in [5.74, 6) is -0.458. The van der Waals surface area contributed by atoms with Crippen LogP contribution in [0.2, 0.25) is 0 Å². The van der Waals surface area contributed by atoms with E-state index in [0.717, 1.165) is 0 Å². The van der Waals surface area contributed by atoms with Crippen molar-refractivity contribution >= 4 is 11.7 Å². The third kappa shape index (κ3) is 2.25. The van der Waals surface area contributed by atoms with E-state index in [9.17, 15) is 4.79 Å². The predicted molar refractivity (Wildman–Crippen MR) is 61.7 cm³/mol. The van der Waals surface area contributed by atoms with E-state index in [-0.39, 0.29) is 5.69 Å². The minimum Gasteiger partial charge on any atom is -0.461 e. The number of hydrogen-bond acceptors (Lipinski definition) is 5. The summed E-state index contributed by atoms with van der Waals surface area (Å²) in [6, 6.07) is 7.02. The number of esters is 1. The molecule has 0 aliphatic carbocycles.